The van der Waals surface area contributed by atoms with Gasteiger partial charge in [-0.05, 0) is 35.8 Å². The molecule has 15 heavy (non-hydrogen) atoms. The molecule has 0 unspecified atom stereocenters. The summed E-state index contributed by atoms with van der Waals surface area (Å²) in [6.07, 6.45) is 0. The molecule has 0 radical (unpaired) electrons. The average molecular weight is 286 g/mol. The van der Waals surface area contributed by atoms with Gasteiger partial charge in [-0.25, -0.2) is 4.39 Å². The number of aromatic nitrogens is 1. The molecule has 0 spiro atoms. The summed E-state index contributed by atoms with van der Waals surface area (Å²) in [5.41, 5.74) is 0.324. The van der Waals surface area contributed by atoms with Gasteiger partial charge in [0.25, 0.3) is 0 Å². The van der Waals surface area contributed by atoms with Gasteiger partial charge in [-0.15, -0.1) is 0 Å². The van der Waals surface area contributed by atoms with Crippen molar-refractivity contribution in [3.63, 3.8) is 0 Å². The van der Waals surface area contributed by atoms with Crippen molar-refractivity contribution >= 4 is 33.2 Å². The number of hydrogen-bond acceptors (Lipinski definition) is 3. The van der Waals surface area contributed by atoms with E-state index in [2.05, 4.69) is 20.3 Å². The number of nitrogens with zero attached hydrogens (tertiary/aromatic N) is 1. The van der Waals surface area contributed by atoms with Gasteiger partial charge in [-0.1, -0.05) is 15.9 Å². The highest BCUT2D eigenvalue weighted by Gasteiger charge is 2.15. The molecular weight excluding hydrogens is 281 g/mol. The lowest BCUT2D eigenvalue weighted by molar-refractivity contribution is 0.103. The third-order valence-electron chi connectivity index (χ3n) is 1.85. The average Bonchev–Trinajstić information content (AvgIpc) is 2.69. The number of rotatable bonds is 2. The minimum absolute atomic E-state index is 0.0455. The van der Waals surface area contributed by atoms with Crippen molar-refractivity contribution < 1.29 is 9.18 Å². The lowest BCUT2D eigenvalue weighted by Gasteiger charge is -1.99. The molecule has 0 aliphatic carbocycles. The SMILES string of the molecule is O=C(c1ccsn1)c1ccc(Br)cc1F. The number of ketones is 1. The maximum Gasteiger partial charge on any atom is 0.215 e. The molecule has 1 aromatic carbocycles. The molecule has 2 aromatic rings. The zero-order chi connectivity index (χ0) is 10.8. The first-order valence-corrected chi connectivity index (χ1v) is 5.71. The molecule has 1 aromatic heterocycles. The van der Waals surface area contributed by atoms with E-state index >= 15 is 0 Å². The van der Waals surface area contributed by atoms with Gasteiger partial charge in [0.05, 0.1) is 5.56 Å². The lowest BCUT2D eigenvalue weighted by Crippen LogP contribution is -2.04. The summed E-state index contributed by atoms with van der Waals surface area (Å²) >= 11 is 4.30. The molecule has 5 heteroatoms. The summed E-state index contributed by atoms with van der Waals surface area (Å²) in [7, 11) is 0. The van der Waals surface area contributed by atoms with Crippen LogP contribution < -0.4 is 0 Å². The smallest absolute Gasteiger partial charge is 0.215 e. The summed E-state index contributed by atoms with van der Waals surface area (Å²) in [6.45, 7) is 0. The fourth-order valence-electron chi connectivity index (χ4n) is 1.14. The van der Waals surface area contributed by atoms with E-state index in [9.17, 15) is 9.18 Å². The van der Waals surface area contributed by atoms with Crippen molar-refractivity contribution in [2.24, 2.45) is 0 Å². The molecule has 76 valence electrons. The van der Waals surface area contributed by atoms with E-state index in [0.717, 1.165) is 0 Å². The Labute approximate surface area is 98.0 Å². The molecule has 0 aliphatic heterocycles. The second-order valence-corrected chi connectivity index (χ2v) is 4.42. The number of carbonyl (C=O) groups is 1. The Kier molecular flexibility index (Phi) is 2.93. The molecule has 2 nitrogen and oxygen atoms in total. The van der Waals surface area contributed by atoms with E-state index in [1.807, 2.05) is 0 Å². The quantitative estimate of drug-likeness (QED) is 0.793. The van der Waals surface area contributed by atoms with Crippen LogP contribution in [0.5, 0.6) is 0 Å². The molecule has 0 fully saturated rings. The van der Waals surface area contributed by atoms with Crippen molar-refractivity contribution in [1.82, 2.24) is 4.37 Å². The third-order valence-corrected chi connectivity index (χ3v) is 2.90. The third kappa shape index (κ3) is 2.13. The Bertz CT molecular complexity index is 498. The van der Waals surface area contributed by atoms with Crippen molar-refractivity contribution in [3.05, 3.63) is 51.2 Å². The number of carbonyl (C=O) groups excluding carboxylic acids is 1. The maximum absolute atomic E-state index is 13.4. The molecule has 0 N–H and O–H groups in total. The van der Waals surface area contributed by atoms with Gasteiger partial charge in [0.1, 0.15) is 11.5 Å². The molecule has 0 saturated carbocycles. The molecule has 0 saturated heterocycles. The second-order valence-electron chi connectivity index (χ2n) is 2.84. The number of hydrogen-bond donors (Lipinski definition) is 0. The minimum atomic E-state index is -0.539. The van der Waals surface area contributed by atoms with E-state index in [1.54, 1.807) is 17.5 Å². The van der Waals surface area contributed by atoms with Gasteiger partial charge < -0.3 is 0 Å². The van der Waals surface area contributed by atoms with Gasteiger partial charge in [-0.3, -0.25) is 4.79 Å². The minimum Gasteiger partial charge on any atom is -0.287 e. The molecule has 0 amide bonds. The summed E-state index contributed by atoms with van der Waals surface area (Å²) in [6, 6.07) is 5.91. The fraction of sp³-hybridized carbons (Fsp3) is 0. The van der Waals surface area contributed by atoms with E-state index < -0.39 is 5.82 Å². The van der Waals surface area contributed by atoms with Crippen LogP contribution in [-0.4, -0.2) is 10.2 Å². The fourth-order valence-corrected chi connectivity index (χ4v) is 1.98. The molecule has 0 atom stereocenters. The van der Waals surface area contributed by atoms with Gasteiger partial charge in [0.15, 0.2) is 0 Å². The summed E-state index contributed by atoms with van der Waals surface area (Å²) < 4.78 is 17.9. The first-order valence-electron chi connectivity index (χ1n) is 4.08. The largest absolute Gasteiger partial charge is 0.287 e. The highest BCUT2D eigenvalue weighted by Crippen LogP contribution is 2.18. The lowest BCUT2D eigenvalue weighted by atomic mass is 10.1. The van der Waals surface area contributed by atoms with Crippen LogP contribution in [0.1, 0.15) is 16.1 Å². The van der Waals surface area contributed by atoms with E-state index in [4.69, 9.17) is 0 Å². The normalized spacial score (nSPS) is 10.3. The van der Waals surface area contributed by atoms with Crippen molar-refractivity contribution in [3.8, 4) is 0 Å². The molecular formula is C10H5BrFNOS. The highest BCUT2D eigenvalue weighted by atomic mass is 79.9. The monoisotopic (exact) mass is 285 g/mol. The Hall–Kier alpha value is -1.07. The van der Waals surface area contributed by atoms with Gasteiger partial charge >= 0.3 is 0 Å². The Balaban J connectivity index is 2.42. The summed E-state index contributed by atoms with van der Waals surface area (Å²) in [5, 5.41) is 1.68. The van der Waals surface area contributed by atoms with Crippen molar-refractivity contribution in [1.29, 1.82) is 0 Å². The van der Waals surface area contributed by atoms with E-state index in [-0.39, 0.29) is 17.0 Å². The molecule has 1 heterocycles. The van der Waals surface area contributed by atoms with Crippen LogP contribution in [-0.2, 0) is 0 Å². The van der Waals surface area contributed by atoms with Crippen LogP contribution in [0.25, 0.3) is 0 Å². The molecule has 2 rings (SSSR count). The van der Waals surface area contributed by atoms with Crippen molar-refractivity contribution in [2.45, 2.75) is 0 Å². The Morgan fingerprint density at radius 3 is 2.80 bits per heavy atom. The summed E-state index contributed by atoms with van der Waals surface area (Å²) in [5.74, 6) is -0.927. The predicted octanol–water partition coefficient (Wildman–Crippen LogP) is 3.28. The van der Waals surface area contributed by atoms with E-state index in [0.29, 0.717) is 4.47 Å². The Morgan fingerprint density at radius 2 is 2.20 bits per heavy atom. The van der Waals surface area contributed by atoms with Crippen LogP contribution >= 0.6 is 27.5 Å². The first kappa shape index (κ1) is 10.4. The zero-order valence-corrected chi connectivity index (χ0v) is 9.81. The first-order chi connectivity index (χ1) is 7.18. The number of benzene rings is 1. The topological polar surface area (TPSA) is 30.0 Å². The van der Waals surface area contributed by atoms with E-state index in [1.165, 1.54) is 23.7 Å². The highest BCUT2D eigenvalue weighted by molar-refractivity contribution is 9.10. The van der Waals surface area contributed by atoms with Crippen LogP contribution in [0.2, 0.25) is 0 Å². The van der Waals surface area contributed by atoms with Gasteiger partial charge in [-0.2, -0.15) is 4.37 Å². The summed E-state index contributed by atoms with van der Waals surface area (Å²) in [4.78, 5) is 11.7. The van der Waals surface area contributed by atoms with Crippen LogP contribution in [0.4, 0.5) is 4.39 Å². The second kappa shape index (κ2) is 4.20. The zero-order valence-electron chi connectivity index (χ0n) is 7.41. The standard InChI is InChI=1S/C10H5BrFNOS/c11-6-1-2-7(8(12)5-6)10(14)9-3-4-15-13-9/h1-5H. The van der Waals surface area contributed by atoms with Crippen LogP contribution in [0.3, 0.4) is 0 Å². The van der Waals surface area contributed by atoms with Crippen LogP contribution in [0, 0.1) is 5.82 Å². The van der Waals surface area contributed by atoms with Crippen molar-refractivity contribution in [2.75, 3.05) is 0 Å². The maximum atomic E-state index is 13.4. The predicted molar refractivity (Wildman–Crippen MR) is 59.6 cm³/mol. The van der Waals surface area contributed by atoms with Gasteiger partial charge in [0.2, 0.25) is 5.78 Å². The van der Waals surface area contributed by atoms with Gasteiger partial charge in [0, 0.05) is 9.85 Å². The molecule has 0 bridgehead atoms. The Morgan fingerprint density at radius 1 is 1.40 bits per heavy atom. The van der Waals surface area contributed by atoms with Crippen LogP contribution in [0.15, 0.2) is 34.1 Å². The molecule has 0 aliphatic rings. The number of halogens is 2.